The van der Waals surface area contributed by atoms with Gasteiger partial charge in [-0.2, -0.15) is 12.1 Å². The van der Waals surface area contributed by atoms with Crippen LogP contribution in [0.3, 0.4) is 0 Å². The Kier molecular flexibility index (Phi) is 15.9. The molecule has 0 aliphatic heterocycles. The molecule has 4 heteroatoms. The van der Waals surface area contributed by atoms with Crippen molar-refractivity contribution in [2.45, 2.75) is 104 Å². The Morgan fingerprint density at radius 1 is 0.740 bits per heavy atom. The minimum atomic E-state index is -0.826. The van der Waals surface area contributed by atoms with Crippen LogP contribution in [0.4, 0.5) is 0 Å². The van der Waals surface area contributed by atoms with E-state index in [1.165, 1.54) is 86.2 Å². The molecule has 50 heavy (non-hydrogen) atoms. The molecule has 6 aromatic carbocycles. The van der Waals surface area contributed by atoms with Gasteiger partial charge in [0.2, 0.25) is 0 Å². The SMILES string of the molecule is CC(C)(C)c1ccc(-c2cccc3[cH-]c(C4CCCC4)cc23)cc1.CCc1cc2c(-c3ccc(C(C)C)cc3)cccc2[cH-]1.C[Si]C.[Cl][Zr+2][Cl]. The Bertz CT molecular complexity index is 1880. The van der Waals surface area contributed by atoms with Crippen molar-refractivity contribution in [2.24, 2.45) is 0 Å². The van der Waals surface area contributed by atoms with Gasteiger partial charge in [-0.05, 0) is 58.8 Å². The maximum atomic E-state index is 4.93. The Labute approximate surface area is 324 Å². The van der Waals surface area contributed by atoms with Gasteiger partial charge in [0.15, 0.2) is 0 Å². The van der Waals surface area contributed by atoms with Crippen molar-refractivity contribution in [2.75, 3.05) is 0 Å². The number of halogens is 2. The van der Waals surface area contributed by atoms with Gasteiger partial charge in [-0.1, -0.05) is 139 Å². The van der Waals surface area contributed by atoms with Crippen LogP contribution in [0.2, 0.25) is 13.1 Å². The van der Waals surface area contributed by atoms with Gasteiger partial charge in [-0.25, -0.2) is 0 Å². The van der Waals surface area contributed by atoms with E-state index < -0.39 is 20.8 Å². The van der Waals surface area contributed by atoms with Gasteiger partial charge in [0.1, 0.15) is 0 Å². The van der Waals surface area contributed by atoms with Gasteiger partial charge in [0.05, 0.1) is 0 Å². The molecular weight excluding hydrogens is 743 g/mol. The third-order valence-corrected chi connectivity index (χ3v) is 9.77. The van der Waals surface area contributed by atoms with Crippen LogP contribution in [0.15, 0.2) is 109 Å². The molecule has 7 rings (SSSR count). The van der Waals surface area contributed by atoms with Crippen molar-refractivity contribution in [1.82, 2.24) is 0 Å². The van der Waals surface area contributed by atoms with Crippen molar-refractivity contribution < 1.29 is 20.8 Å². The maximum absolute atomic E-state index is 4.93. The van der Waals surface area contributed by atoms with Crippen molar-refractivity contribution in [3.05, 3.63) is 131 Å². The molecule has 0 aromatic heterocycles. The van der Waals surface area contributed by atoms with Crippen LogP contribution in [0.5, 0.6) is 0 Å². The minimum absolute atomic E-state index is 0.209. The third-order valence-electron chi connectivity index (χ3n) is 9.77. The van der Waals surface area contributed by atoms with E-state index in [0.29, 0.717) is 5.92 Å². The normalized spacial score (nSPS) is 12.9. The molecule has 0 heterocycles. The standard InChI is InChI=1S/C24H27.C20H21.C2H6Si.2ClH.Zr/c1-24(2,3)21-13-11-18(12-14-21)22-10-6-9-19-15-20(16-23(19)22)17-7-4-5-8-17;1-4-15-12-18-6-5-7-19(20(18)13-15)17-10-8-16(9-11-17)14(2)3;1-3-2;;;/h6,9-17H,4-5,7-8H2,1-3H3;5-14H,4H2,1-3H3;1-2H3;2*1H;/q2*-1;;;;+4/p-2. The van der Waals surface area contributed by atoms with Crippen molar-refractivity contribution in [1.29, 1.82) is 0 Å². The Morgan fingerprint density at radius 2 is 1.22 bits per heavy atom. The molecule has 1 saturated carbocycles. The van der Waals surface area contributed by atoms with Crippen LogP contribution < -0.4 is 0 Å². The van der Waals surface area contributed by atoms with Crippen LogP contribution in [-0.2, 0) is 32.7 Å². The van der Waals surface area contributed by atoms with Gasteiger partial charge < -0.3 is 0 Å². The van der Waals surface area contributed by atoms with Crippen LogP contribution >= 0.6 is 17.0 Å². The van der Waals surface area contributed by atoms with Crippen LogP contribution in [0.1, 0.15) is 101 Å². The van der Waals surface area contributed by atoms with Gasteiger partial charge >= 0.3 is 37.9 Å². The summed E-state index contributed by atoms with van der Waals surface area (Å²) in [5, 5.41) is 5.55. The molecule has 0 N–H and O–H groups in total. The molecule has 2 radical (unpaired) electrons. The molecule has 1 aliphatic rings. The van der Waals surface area contributed by atoms with Crippen LogP contribution in [0, 0.1) is 0 Å². The molecule has 0 atom stereocenters. The summed E-state index contributed by atoms with van der Waals surface area (Å²) < 4.78 is 0. The molecule has 260 valence electrons. The molecule has 0 amide bonds. The van der Waals surface area contributed by atoms with E-state index in [9.17, 15) is 0 Å². The van der Waals surface area contributed by atoms with E-state index in [0.717, 1.165) is 21.9 Å². The zero-order chi connectivity index (χ0) is 36.3. The number of hydrogen-bond donors (Lipinski definition) is 0. The van der Waals surface area contributed by atoms with Crippen molar-refractivity contribution in [3.63, 3.8) is 0 Å². The van der Waals surface area contributed by atoms with E-state index in [1.807, 2.05) is 0 Å². The summed E-state index contributed by atoms with van der Waals surface area (Å²) in [5.41, 5.74) is 11.3. The van der Waals surface area contributed by atoms with Gasteiger partial charge in [0.25, 0.3) is 0 Å². The average molecular weight is 797 g/mol. The van der Waals surface area contributed by atoms with Crippen LogP contribution in [-0.4, -0.2) is 9.52 Å². The number of hydrogen-bond acceptors (Lipinski definition) is 0. The van der Waals surface area contributed by atoms with Gasteiger partial charge in [-0.15, -0.1) is 69.1 Å². The zero-order valence-corrected chi connectivity index (χ0v) is 36.3. The first-order valence-corrected chi connectivity index (χ1v) is 26.5. The second-order valence-corrected chi connectivity index (χ2v) is 19.5. The number of aryl methyl sites for hydroxylation is 1. The molecule has 1 fully saturated rings. The molecule has 1 aliphatic carbocycles. The first-order chi connectivity index (χ1) is 24.0. The second-order valence-electron chi connectivity index (χ2n) is 14.8. The zero-order valence-electron chi connectivity index (χ0n) is 31.3. The first kappa shape index (κ1) is 40.5. The molecule has 0 spiro atoms. The molecule has 0 saturated heterocycles. The summed E-state index contributed by atoms with van der Waals surface area (Å²) in [7, 11) is 11.0. The summed E-state index contributed by atoms with van der Waals surface area (Å²) >= 11 is -0.826. The fourth-order valence-electron chi connectivity index (χ4n) is 6.95. The Hall–Kier alpha value is -2.22. The van der Waals surface area contributed by atoms with Crippen molar-refractivity contribution in [3.8, 4) is 22.3 Å². The summed E-state index contributed by atoms with van der Waals surface area (Å²) in [6.07, 6.45) is 6.62. The average Bonchev–Trinajstić information content (AvgIpc) is 3.89. The number of rotatable bonds is 5. The Balaban J connectivity index is 0.000000197. The fourth-order valence-corrected chi connectivity index (χ4v) is 6.95. The fraction of sp³-hybridized carbons (Fsp3) is 0.348. The summed E-state index contributed by atoms with van der Waals surface area (Å²) in [4.78, 5) is 0. The van der Waals surface area contributed by atoms with E-state index in [4.69, 9.17) is 17.0 Å². The molecule has 0 bridgehead atoms. The van der Waals surface area contributed by atoms with Gasteiger partial charge in [0, 0.05) is 9.52 Å². The van der Waals surface area contributed by atoms with Crippen LogP contribution in [0.25, 0.3) is 43.8 Å². The molecule has 0 unspecified atom stereocenters. The van der Waals surface area contributed by atoms with Crippen molar-refractivity contribution >= 4 is 48.1 Å². The topological polar surface area (TPSA) is 0 Å². The van der Waals surface area contributed by atoms with E-state index in [2.05, 4.69) is 164 Å². The van der Waals surface area contributed by atoms with E-state index >= 15 is 0 Å². The monoisotopic (exact) mass is 794 g/mol. The summed E-state index contributed by atoms with van der Waals surface area (Å²) in [6, 6.07) is 41.0. The quantitative estimate of drug-likeness (QED) is 0.120. The molecule has 0 nitrogen and oxygen atoms in total. The predicted octanol–water partition coefficient (Wildman–Crippen LogP) is 15.3. The Morgan fingerprint density at radius 3 is 1.70 bits per heavy atom. The predicted molar refractivity (Wildman–Crippen MR) is 223 cm³/mol. The number of fused-ring (bicyclic) bond motifs is 2. The summed E-state index contributed by atoms with van der Waals surface area (Å²) in [6.45, 7) is 17.8. The molecule has 6 aromatic rings. The van der Waals surface area contributed by atoms with E-state index in [1.54, 1.807) is 5.56 Å². The first-order valence-electron chi connectivity index (χ1n) is 18.2. The van der Waals surface area contributed by atoms with E-state index in [-0.39, 0.29) is 5.41 Å². The number of benzene rings is 4. The third kappa shape index (κ3) is 10.7. The molecular formula is C46H54Cl2SiZr. The van der Waals surface area contributed by atoms with Gasteiger partial charge in [-0.3, -0.25) is 0 Å². The summed E-state index contributed by atoms with van der Waals surface area (Å²) in [5.74, 6) is 1.37. The second kappa shape index (κ2) is 19.6.